The minimum absolute atomic E-state index is 0.0368. The summed E-state index contributed by atoms with van der Waals surface area (Å²) in [7, 11) is 1.70. The topological polar surface area (TPSA) is 41.5 Å². The summed E-state index contributed by atoms with van der Waals surface area (Å²) in [6, 6.07) is 5.44. The predicted octanol–water partition coefficient (Wildman–Crippen LogP) is 1.77. The van der Waals surface area contributed by atoms with Crippen molar-refractivity contribution in [2.24, 2.45) is 0 Å². The molecule has 0 saturated carbocycles. The van der Waals surface area contributed by atoms with Gasteiger partial charge in [-0.25, -0.2) is 0 Å². The van der Waals surface area contributed by atoms with Gasteiger partial charge in [-0.15, -0.1) is 0 Å². The first-order chi connectivity index (χ1) is 6.63. The van der Waals surface area contributed by atoms with E-state index in [9.17, 15) is 5.11 Å². The number of hydrogen-bond donors (Lipinski definition) is 2. The lowest BCUT2D eigenvalue weighted by Crippen LogP contribution is -2.37. The summed E-state index contributed by atoms with van der Waals surface area (Å²) in [4.78, 5) is 0. The van der Waals surface area contributed by atoms with E-state index in [0.29, 0.717) is 12.4 Å². The van der Waals surface area contributed by atoms with Gasteiger partial charge in [0.2, 0.25) is 0 Å². The molecule has 1 heterocycles. The largest absolute Gasteiger partial charge is 0.508 e. The molecule has 0 spiro atoms. The van der Waals surface area contributed by atoms with E-state index < -0.39 is 0 Å². The van der Waals surface area contributed by atoms with E-state index >= 15 is 0 Å². The Balaban J connectivity index is 2.25. The maximum Gasteiger partial charge on any atom is 0.117 e. The van der Waals surface area contributed by atoms with Crippen molar-refractivity contribution in [3.05, 3.63) is 23.8 Å². The molecule has 1 aromatic rings. The van der Waals surface area contributed by atoms with Crippen molar-refractivity contribution in [2.75, 3.05) is 19.0 Å². The zero-order valence-corrected chi connectivity index (χ0v) is 8.50. The molecule has 0 bridgehead atoms. The molecule has 0 amide bonds. The molecule has 0 saturated heterocycles. The van der Waals surface area contributed by atoms with E-state index in [4.69, 9.17) is 4.74 Å². The Morgan fingerprint density at radius 1 is 1.57 bits per heavy atom. The van der Waals surface area contributed by atoms with Crippen LogP contribution in [-0.2, 0) is 11.2 Å². The summed E-state index contributed by atoms with van der Waals surface area (Å²) in [5.41, 5.74) is 2.22. The van der Waals surface area contributed by atoms with E-state index in [0.717, 1.165) is 12.1 Å². The zero-order chi connectivity index (χ0) is 10.2. The van der Waals surface area contributed by atoms with Crippen molar-refractivity contribution in [3.8, 4) is 5.75 Å². The highest BCUT2D eigenvalue weighted by Crippen LogP contribution is 2.34. The van der Waals surface area contributed by atoms with Gasteiger partial charge in [0.15, 0.2) is 0 Å². The number of methoxy groups -OCH3 is 1. The fourth-order valence-corrected chi connectivity index (χ4v) is 2.03. The van der Waals surface area contributed by atoms with Crippen molar-refractivity contribution in [1.82, 2.24) is 0 Å². The molecule has 2 N–H and O–H groups in total. The molecule has 3 nitrogen and oxygen atoms in total. The van der Waals surface area contributed by atoms with Crippen LogP contribution in [0.4, 0.5) is 5.69 Å². The number of hydrogen-bond acceptors (Lipinski definition) is 3. The third-order valence-corrected chi connectivity index (χ3v) is 2.57. The number of fused-ring (bicyclic) bond motifs is 1. The standard InChI is InChI=1S/C11H15NO2/c1-11(7-14-2)6-8-3-4-9(13)5-10(8)12-11/h3-5,12-13H,6-7H2,1-2H3. The maximum atomic E-state index is 9.33. The van der Waals surface area contributed by atoms with Gasteiger partial charge in [0, 0.05) is 18.9 Å². The third kappa shape index (κ3) is 1.55. The average molecular weight is 193 g/mol. The lowest BCUT2D eigenvalue weighted by molar-refractivity contribution is 0.153. The number of ether oxygens (including phenoxy) is 1. The van der Waals surface area contributed by atoms with Crippen LogP contribution in [0.1, 0.15) is 12.5 Å². The fraction of sp³-hybridized carbons (Fsp3) is 0.455. The van der Waals surface area contributed by atoms with Crippen molar-refractivity contribution >= 4 is 5.69 Å². The number of anilines is 1. The van der Waals surface area contributed by atoms with Crippen LogP contribution in [0.2, 0.25) is 0 Å². The number of rotatable bonds is 2. The second-order valence-corrected chi connectivity index (χ2v) is 4.14. The van der Waals surface area contributed by atoms with E-state index in [-0.39, 0.29) is 5.54 Å². The van der Waals surface area contributed by atoms with Crippen LogP contribution in [0.25, 0.3) is 0 Å². The monoisotopic (exact) mass is 193 g/mol. The maximum absolute atomic E-state index is 9.33. The first kappa shape index (κ1) is 9.34. The molecule has 2 rings (SSSR count). The van der Waals surface area contributed by atoms with E-state index in [1.54, 1.807) is 19.2 Å². The van der Waals surface area contributed by atoms with E-state index in [1.807, 2.05) is 6.07 Å². The first-order valence-corrected chi connectivity index (χ1v) is 4.72. The normalized spacial score (nSPS) is 24.4. The molecule has 14 heavy (non-hydrogen) atoms. The fourth-order valence-electron chi connectivity index (χ4n) is 2.03. The molecule has 1 unspecified atom stereocenters. The predicted molar refractivity (Wildman–Crippen MR) is 55.7 cm³/mol. The van der Waals surface area contributed by atoms with Crippen molar-refractivity contribution < 1.29 is 9.84 Å². The lowest BCUT2D eigenvalue weighted by Gasteiger charge is -2.23. The van der Waals surface area contributed by atoms with Gasteiger partial charge in [-0.1, -0.05) is 6.07 Å². The van der Waals surface area contributed by atoms with Gasteiger partial charge in [-0.2, -0.15) is 0 Å². The second-order valence-electron chi connectivity index (χ2n) is 4.14. The van der Waals surface area contributed by atoms with E-state index in [2.05, 4.69) is 12.2 Å². The Morgan fingerprint density at radius 3 is 3.07 bits per heavy atom. The number of benzene rings is 1. The van der Waals surface area contributed by atoms with Crippen LogP contribution in [0.3, 0.4) is 0 Å². The molecule has 0 aromatic heterocycles. The Labute approximate surface area is 83.7 Å². The van der Waals surface area contributed by atoms with Crippen LogP contribution in [0.15, 0.2) is 18.2 Å². The van der Waals surface area contributed by atoms with Gasteiger partial charge in [-0.05, 0) is 25.0 Å². The van der Waals surface area contributed by atoms with Crippen LogP contribution in [-0.4, -0.2) is 24.4 Å². The summed E-state index contributed by atoms with van der Waals surface area (Å²) in [6.45, 7) is 2.79. The van der Waals surface area contributed by atoms with Crippen molar-refractivity contribution in [3.63, 3.8) is 0 Å². The highest BCUT2D eigenvalue weighted by atomic mass is 16.5. The molecule has 0 aliphatic carbocycles. The highest BCUT2D eigenvalue weighted by Gasteiger charge is 2.32. The third-order valence-electron chi connectivity index (χ3n) is 2.57. The minimum Gasteiger partial charge on any atom is -0.508 e. The van der Waals surface area contributed by atoms with Gasteiger partial charge in [0.25, 0.3) is 0 Å². The van der Waals surface area contributed by atoms with Gasteiger partial charge < -0.3 is 15.2 Å². The molecule has 1 aliphatic heterocycles. The zero-order valence-electron chi connectivity index (χ0n) is 8.50. The molecule has 1 atom stereocenters. The number of phenolic OH excluding ortho intramolecular Hbond substituents is 1. The SMILES string of the molecule is COCC1(C)Cc2ccc(O)cc2N1. The number of phenols is 1. The second kappa shape index (κ2) is 3.17. The summed E-state index contributed by atoms with van der Waals surface area (Å²) in [6.07, 6.45) is 0.941. The van der Waals surface area contributed by atoms with E-state index in [1.165, 1.54) is 5.56 Å². The Bertz CT molecular complexity index is 351. The van der Waals surface area contributed by atoms with Crippen molar-refractivity contribution in [1.29, 1.82) is 0 Å². The molecule has 3 heteroatoms. The van der Waals surface area contributed by atoms with Crippen LogP contribution in [0.5, 0.6) is 5.75 Å². The van der Waals surface area contributed by atoms with Crippen LogP contribution < -0.4 is 5.32 Å². The van der Waals surface area contributed by atoms with Gasteiger partial charge in [0.05, 0.1) is 12.1 Å². The molecular weight excluding hydrogens is 178 g/mol. The summed E-state index contributed by atoms with van der Waals surface area (Å²) in [5, 5.41) is 12.7. The highest BCUT2D eigenvalue weighted by molar-refractivity contribution is 5.61. The Morgan fingerprint density at radius 2 is 2.36 bits per heavy atom. The number of aromatic hydroxyl groups is 1. The average Bonchev–Trinajstić information content (AvgIpc) is 2.40. The molecule has 76 valence electrons. The Kier molecular flexibility index (Phi) is 2.11. The Hall–Kier alpha value is -1.22. The molecule has 1 aromatic carbocycles. The van der Waals surface area contributed by atoms with Gasteiger partial charge in [0.1, 0.15) is 5.75 Å². The molecule has 1 aliphatic rings. The first-order valence-electron chi connectivity index (χ1n) is 4.72. The summed E-state index contributed by atoms with van der Waals surface area (Å²) < 4.78 is 5.17. The van der Waals surface area contributed by atoms with Crippen molar-refractivity contribution in [2.45, 2.75) is 18.9 Å². The molecule has 0 fully saturated rings. The number of nitrogens with one attached hydrogen (secondary N) is 1. The molecular formula is C11H15NO2. The molecule has 0 radical (unpaired) electrons. The van der Waals surface area contributed by atoms with Crippen LogP contribution in [0, 0.1) is 0 Å². The summed E-state index contributed by atoms with van der Waals surface area (Å²) >= 11 is 0. The lowest BCUT2D eigenvalue weighted by atomic mass is 9.99. The van der Waals surface area contributed by atoms with Crippen LogP contribution >= 0.6 is 0 Å². The van der Waals surface area contributed by atoms with Gasteiger partial charge in [-0.3, -0.25) is 0 Å². The quantitative estimate of drug-likeness (QED) is 0.752. The minimum atomic E-state index is -0.0368. The smallest absolute Gasteiger partial charge is 0.117 e. The summed E-state index contributed by atoms with van der Waals surface area (Å²) in [5.74, 6) is 0.304. The van der Waals surface area contributed by atoms with Gasteiger partial charge >= 0.3 is 0 Å².